The average Bonchev–Trinajstić information content (AvgIpc) is 3.77. The number of aryl methyl sites for hydroxylation is 2. The van der Waals surface area contributed by atoms with E-state index >= 15 is 0 Å². The van der Waals surface area contributed by atoms with Crippen LogP contribution in [0.25, 0.3) is 10.9 Å². The van der Waals surface area contributed by atoms with Gasteiger partial charge in [-0.25, -0.2) is 13.8 Å². The van der Waals surface area contributed by atoms with Crippen molar-refractivity contribution in [2.75, 3.05) is 18.0 Å². The average molecular weight is 531 g/mol. The van der Waals surface area contributed by atoms with Gasteiger partial charge in [0, 0.05) is 79.6 Å². The standard InChI is InChI=1S/C30H32F2N6O/c1-19-10-21(7-8-34-19)15-37(24-4-3-9-36(18-24)29-14-33-13-20(2)35-29)16-22-17-38(23-5-6-23)28-12-27(32)26(31)11-25(28)30(22)39/h7-8,10-14,17,23-24H,3-6,9,15-16,18H2,1-2H3/t24-/m0/s1. The summed E-state index contributed by atoms with van der Waals surface area (Å²) in [6.07, 6.45) is 11.1. The zero-order valence-corrected chi connectivity index (χ0v) is 22.3. The van der Waals surface area contributed by atoms with E-state index in [0.29, 0.717) is 24.2 Å². The fourth-order valence-corrected chi connectivity index (χ4v) is 5.70. The maximum Gasteiger partial charge on any atom is 0.193 e. The molecule has 1 aliphatic carbocycles. The van der Waals surface area contributed by atoms with Crippen molar-refractivity contribution >= 4 is 16.7 Å². The molecule has 0 amide bonds. The SMILES string of the molecule is Cc1cc(CN(Cc2cn(C3CC3)c3cc(F)c(F)cc3c2=O)[C@H]2CCCN(c3cncc(C)n3)C2)ccn1. The Morgan fingerprint density at radius 3 is 2.62 bits per heavy atom. The van der Waals surface area contributed by atoms with Crippen LogP contribution in [0.1, 0.15) is 54.2 Å². The van der Waals surface area contributed by atoms with E-state index in [1.165, 1.54) is 0 Å². The molecule has 0 N–H and O–H groups in total. The first-order chi connectivity index (χ1) is 18.9. The van der Waals surface area contributed by atoms with E-state index in [4.69, 9.17) is 0 Å². The third kappa shape index (κ3) is 5.41. The lowest BCUT2D eigenvalue weighted by Gasteiger charge is -2.40. The van der Waals surface area contributed by atoms with Gasteiger partial charge in [-0.05, 0) is 63.3 Å². The topological polar surface area (TPSA) is 67.2 Å². The molecule has 2 aliphatic rings. The van der Waals surface area contributed by atoms with Gasteiger partial charge in [-0.15, -0.1) is 0 Å². The number of piperidine rings is 1. The summed E-state index contributed by atoms with van der Waals surface area (Å²) in [5.41, 5.74) is 3.74. The summed E-state index contributed by atoms with van der Waals surface area (Å²) in [5.74, 6) is -1.07. The first-order valence-electron chi connectivity index (χ1n) is 13.6. The van der Waals surface area contributed by atoms with Gasteiger partial charge in [-0.2, -0.15) is 0 Å². The first kappa shape index (κ1) is 25.6. The fourth-order valence-electron chi connectivity index (χ4n) is 5.70. The third-order valence-corrected chi connectivity index (χ3v) is 7.79. The summed E-state index contributed by atoms with van der Waals surface area (Å²) in [6, 6.07) is 6.66. The van der Waals surface area contributed by atoms with Crippen LogP contribution in [-0.4, -0.2) is 43.6 Å². The highest BCUT2D eigenvalue weighted by molar-refractivity contribution is 5.80. The Labute approximate surface area is 226 Å². The monoisotopic (exact) mass is 530 g/mol. The van der Waals surface area contributed by atoms with Crippen LogP contribution in [0.15, 0.2) is 53.8 Å². The van der Waals surface area contributed by atoms with Crippen LogP contribution in [0.2, 0.25) is 0 Å². The number of fused-ring (bicyclic) bond motifs is 1. The number of hydrogen-bond acceptors (Lipinski definition) is 6. The van der Waals surface area contributed by atoms with Crippen molar-refractivity contribution in [2.24, 2.45) is 0 Å². The normalized spacial score (nSPS) is 17.8. The second kappa shape index (κ2) is 10.4. The maximum absolute atomic E-state index is 14.3. The number of rotatable bonds is 7. The van der Waals surface area contributed by atoms with Crippen LogP contribution in [0.5, 0.6) is 0 Å². The first-order valence-corrected chi connectivity index (χ1v) is 13.6. The van der Waals surface area contributed by atoms with Gasteiger partial charge < -0.3 is 9.47 Å². The predicted molar refractivity (Wildman–Crippen MR) is 147 cm³/mol. The quantitative estimate of drug-likeness (QED) is 0.332. The molecule has 1 saturated carbocycles. The van der Waals surface area contributed by atoms with Crippen LogP contribution >= 0.6 is 0 Å². The van der Waals surface area contributed by atoms with Gasteiger partial charge in [-0.1, -0.05) is 0 Å². The predicted octanol–water partition coefficient (Wildman–Crippen LogP) is 5.09. The van der Waals surface area contributed by atoms with Crippen molar-refractivity contribution in [1.29, 1.82) is 0 Å². The summed E-state index contributed by atoms with van der Waals surface area (Å²) >= 11 is 0. The zero-order valence-electron chi connectivity index (χ0n) is 22.3. The second-order valence-electron chi connectivity index (χ2n) is 10.9. The molecule has 0 radical (unpaired) electrons. The maximum atomic E-state index is 14.3. The largest absolute Gasteiger partial charge is 0.354 e. The lowest BCUT2D eigenvalue weighted by molar-refractivity contribution is 0.157. The van der Waals surface area contributed by atoms with Crippen LogP contribution in [0.4, 0.5) is 14.6 Å². The zero-order chi connectivity index (χ0) is 27.1. The summed E-state index contributed by atoms with van der Waals surface area (Å²) in [5, 5.41) is 0.235. The van der Waals surface area contributed by atoms with Crippen molar-refractivity contribution in [3.63, 3.8) is 0 Å². The Morgan fingerprint density at radius 1 is 1.03 bits per heavy atom. The van der Waals surface area contributed by atoms with E-state index in [1.807, 2.05) is 36.9 Å². The summed E-state index contributed by atoms with van der Waals surface area (Å²) in [6.45, 7) is 6.60. The lowest BCUT2D eigenvalue weighted by atomic mass is 10.0. The van der Waals surface area contributed by atoms with Gasteiger partial charge >= 0.3 is 0 Å². The minimum absolute atomic E-state index is 0.156. The molecule has 202 valence electrons. The summed E-state index contributed by atoms with van der Waals surface area (Å²) in [7, 11) is 0. The van der Waals surface area contributed by atoms with Gasteiger partial charge in [0.2, 0.25) is 0 Å². The highest BCUT2D eigenvalue weighted by atomic mass is 19.2. The third-order valence-electron chi connectivity index (χ3n) is 7.79. The van der Waals surface area contributed by atoms with E-state index in [9.17, 15) is 13.6 Å². The van der Waals surface area contributed by atoms with Crippen molar-refractivity contribution in [2.45, 2.75) is 64.7 Å². The Kier molecular flexibility index (Phi) is 6.85. The molecule has 2 fully saturated rings. The van der Waals surface area contributed by atoms with Crippen LogP contribution in [0, 0.1) is 25.5 Å². The number of halogens is 2. The van der Waals surface area contributed by atoms with Gasteiger partial charge in [0.05, 0.1) is 17.4 Å². The Morgan fingerprint density at radius 2 is 1.85 bits per heavy atom. The number of pyridine rings is 2. The Bertz CT molecular complexity index is 1580. The minimum atomic E-state index is -0.995. The molecule has 1 aliphatic heterocycles. The molecule has 4 heterocycles. The molecule has 4 aromatic rings. The summed E-state index contributed by atoms with van der Waals surface area (Å²) in [4.78, 5) is 31.6. The van der Waals surface area contributed by atoms with Crippen molar-refractivity contribution in [3.8, 4) is 0 Å². The van der Waals surface area contributed by atoms with E-state index in [0.717, 1.165) is 73.7 Å². The van der Waals surface area contributed by atoms with E-state index in [1.54, 1.807) is 12.4 Å². The van der Waals surface area contributed by atoms with Gasteiger partial charge in [0.25, 0.3) is 0 Å². The molecule has 39 heavy (non-hydrogen) atoms. The highest BCUT2D eigenvalue weighted by Crippen LogP contribution is 2.37. The van der Waals surface area contributed by atoms with Crippen LogP contribution in [0.3, 0.4) is 0 Å². The fraction of sp³-hybridized carbons (Fsp3) is 0.400. The molecule has 1 aromatic carbocycles. The number of nitrogens with zero attached hydrogens (tertiary/aromatic N) is 6. The van der Waals surface area contributed by atoms with Gasteiger partial charge in [-0.3, -0.25) is 19.7 Å². The molecule has 1 saturated heterocycles. The van der Waals surface area contributed by atoms with Gasteiger partial charge in [0.1, 0.15) is 5.82 Å². The second-order valence-corrected chi connectivity index (χ2v) is 10.9. The van der Waals surface area contributed by atoms with Crippen molar-refractivity contribution in [1.82, 2.24) is 24.4 Å². The molecule has 6 rings (SSSR count). The molecule has 1 atom stereocenters. The van der Waals surface area contributed by atoms with Gasteiger partial charge in [0.15, 0.2) is 17.1 Å². The molecule has 0 unspecified atom stereocenters. The van der Waals surface area contributed by atoms with Crippen molar-refractivity contribution in [3.05, 3.63) is 93.4 Å². The molecule has 3 aromatic heterocycles. The molecule has 0 bridgehead atoms. The smallest absolute Gasteiger partial charge is 0.193 e. The van der Waals surface area contributed by atoms with E-state index in [2.05, 4.69) is 30.8 Å². The van der Waals surface area contributed by atoms with E-state index in [-0.39, 0.29) is 22.9 Å². The Hall–Kier alpha value is -3.72. The lowest BCUT2D eigenvalue weighted by Crippen LogP contribution is -2.48. The number of benzene rings is 1. The number of aromatic nitrogens is 4. The van der Waals surface area contributed by atoms with Crippen LogP contribution in [-0.2, 0) is 13.1 Å². The molecular weight excluding hydrogens is 498 g/mol. The minimum Gasteiger partial charge on any atom is -0.354 e. The van der Waals surface area contributed by atoms with Crippen LogP contribution < -0.4 is 10.3 Å². The molecular formula is C30H32F2N6O. The van der Waals surface area contributed by atoms with Crippen molar-refractivity contribution < 1.29 is 8.78 Å². The molecule has 0 spiro atoms. The summed E-state index contributed by atoms with van der Waals surface area (Å²) < 4.78 is 30.4. The Balaban J connectivity index is 1.38. The highest BCUT2D eigenvalue weighted by Gasteiger charge is 2.30. The molecule has 9 heteroatoms. The molecule has 7 nitrogen and oxygen atoms in total. The number of anilines is 1. The number of hydrogen-bond donors (Lipinski definition) is 0. The van der Waals surface area contributed by atoms with E-state index < -0.39 is 11.6 Å².